The number of aryl methyl sites for hydroxylation is 1. The second kappa shape index (κ2) is 5.31. The minimum Gasteiger partial charge on any atom is -0.358 e. The number of H-pyrrole nitrogens is 1. The van der Waals surface area contributed by atoms with Crippen LogP contribution in [0.4, 0.5) is 0 Å². The first-order valence-electron chi connectivity index (χ1n) is 7.37. The summed E-state index contributed by atoms with van der Waals surface area (Å²) in [5, 5.41) is 0. The second-order valence-electron chi connectivity index (χ2n) is 6.49. The minimum absolute atomic E-state index is 0.00192. The molecule has 0 aromatic carbocycles. The van der Waals surface area contributed by atoms with Crippen molar-refractivity contribution in [2.75, 3.05) is 0 Å². The quantitative estimate of drug-likeness (QED) is 0.679. The number of pyridine rings is 1. The Kier molecular flexibility index (Phi) is 3.46. The van der Waals surface area contributed by atoms with Gasteiger partial charge in [0, 0.05) is 34.6 Å². The van der Waals surface area contributed by atoms with Gasteiger partial charge in [0.1, 0.15) is 0 Å². The summed E-state index contributed by atoms with van der Waals surface area (Å²) >= 11 is 0. The van der Waals surface area contributed by atoms with Gasteiger partial charge in [0.2, 0.25) is 0 Å². The summed E-state index contributed by atoms with van der Waals surface area (Å²) < 4.78 is 0. The van der Waals surface area contributed by atoms with Gasteiger partial charge < -0.3 is 4.98 Å². The molecule has 0 spiro atoms. The first-order chi connectivity index (χ1) is 10.4. The Hall–Kier alpha value is -2.60. The van der Waals surface area contributed by atoms with Crippen molar-refractivity contribution in [3.63, 3.8) is 0 Å². The van der Waals surface area contributed by atoms with E-state index in [1.54, 1.807) is 6.20 Å². The van der Waals surface area contributed by atoms with E-state index in [4.69, 9.17) is 0 Å². The molecule has 1 aromatic rings. The molecule has 1 aliphatic carbocycles. The van der Waals surface area contributed by atoms with Gasteiger partial charge in [-0.05, 0) is 57.5 Å². The lowest BCUT2D eigenvalue weighted by molar-refractivity contribution is 0.571. The molecule has 3 nitrogen and oxygen atoms in total. The van der Waals surface area contributed by atoms with Crippen molar-refractivity contribution in [1.29, 1.82) is 0 Å². The average Bonchev–Trinajstić information content (AvgIpc) is 2.87. The molecule has 0 unspecified atom stereocenters. The van der Waals surface area contributed by atoms with Gasteiger partial charge in [-0.15, -0.1) is 0 Å². The lowest BCUT2D eigenvalue weighted by Gasteiger charge is -2.07. The van der Waals surface area contributed by atoms with Crippen LogP contribution in [-0.2, 0) is 0 Å². The lowest BCUT2D eigenvalue weighted by Crippen LogP contribution is -1.99. The van der Waals surface area contributed by atoms with Gasteiger partial charge >= 0.3 is 0 Å². The number of rotatable bonds is 1. The van der Waals surface area contributed by atoms with Crippen LogP contribution in [-0.4, -0.2) is 15.0 Å². The molecule has 110 valence electrons. The van der Waals surface area contributed by atoms with Crippen LogP contribution < -0.4 is 0 Å². The van der Waals surface area contributed by atoms with Gasteiger partial charge in [0.05, 0.1) is 5.69 Å². The zero-order valence-corrected chi connectivity index (χ0v) is 13.4. The maximum atomic E-state index is 4.51. The fraction of sp³-hybridized carbons (Fsp3) is 0.263. The zero-order valence-electron chi connectivity index (χ0n) is 13.4. The van der Waals surface area contributed by atoms with Crippen molar-refractivity contribution in [2.45, 2.75) is 27.7 Å². The Balaban J connectivity index is 2.10. The predicted octanol–water partition coefficient (Wildman–Crippen LogP) is 4.28. The summed E-state index contributed by atoms with van der Waals surface area (Å²) in [6, 6.07) is 8.17. The molecule has 2 heterocycles. The third kappa shape index (κ3) is 3.01. The van der Waals surface area contributed by atoms with E-state index in [1.165, 1.54) is 0 Å². The maximum Gasteiger partial charge on any atom is 0.176 e. The first kappa shape index (κ1) is 14.3. The largest absolute Gasteiger partial charge is 0.358 e. The van der Waals surface area contributed by atoms with Crippen molar-refractivity contribution in [1.82, 2.24) is 15.0 Å². The van der Waals surface area contributed by atoms with Gasteiger partial charge in [0.25, 0.3) is 0 Å². The number of nitrogens with one attached hydrogen (secondary N) is 1. The SMILES string of the molecule is Cc1ccnc(-c2[nH]ccc3cc(C#CC(C)(C)C)cc2-3)n1. The van der Waals surface area contributed by atoms with Crippen LogP contribution in [0.3, 0.4) is 0 Å². The fourth-order valence-corrected chi connectivity index (χ4v) is 2.26. The molecule has 1 aromatic heterocycles. The number of hydrogen-bond donors (Lipinski definition) is 1. The molecule has 0 bridgehead atoms. The summed E-state index contributed by atoms with van der Waals surface area (Å²) in [5.74, 6) is 7.25. The average molecular weight is 289 g/mol. The second-order valence-corrected chi connectivity index (χ2v) is 6.49. The van der Waals surface area contributed by atoms with Crippen LogP contribution in [0.1, 0.15) is 32.0 Å². The number of aromatic nitrogens is 3. The van der Waals surface area contributed by atoms with E-state index >= 15 is 0 Å². The van der Waals surface area contributed by atoms with E-state index in [0.717, 1.165) is 28.1 Å². The zero-order chi connectivity index (χ0) is 15.7. The number of aromatic amines is 1. The van der Waals surface area contributed by atoms with Crippen molar-refractivity contribution >= 4 is 0 Å². The molecule has 0 saturated carbocycles. The molecule has 22 heavy (non-hydrogen) atoms. The highest BCUT2D eigenvalue weighted by Crippen LogP contribution is 2.32. The van der Waals surface area contributed by atoms with Crippen molar-refractivity contribution in [3.8, 4) is 34.5 Å². The maximum absolute atomic E-state index is 4.51. The molecule has 0 fully saturated rings. The number of fused-ring (bicyclic) bond motifs is 1. The summed E-state index contributed by atoms with van der Waals surface area (Å²) in [5.41, 5.74) is 5.17. The third-order valence-electron chi connectivity index (χ3n) is 3.28. The van der Waals surface area contributed by atoms with E-state index in [2.05, 4.69) is 65.8 Å². The minimum atomic E-state index is -0.00192. The fourth-order valence-electron chi connectivity index (χ4n) is 2.26. The predicted molar refractivity (Wildman–Crippen MR) is 89.5 cm³/mol. The van der Waals surface area contributed by atoms with Crippen molar-refractivity contribution in [2.24, 2.45) is 5.41 Å². The smallest absolute Gasteiger partial charge is 0.176 e. The van der Waals surface area contributed by atoms with Crippen LogP contribution in [0.5, 0.6) is 0 Å². The summed E-state index contributed by atoms with van der Waals surface area (Å²) in [6.07, 6.45) is 3.71. The van der Waals surface area contributed by atoms with Gasteiger partial charge in [0.15, 0.2) is 5.82 Å². The van der Waals surface area contributed by atoms with Gasteiger partial charge in [-0.2, -0.15) is 0 Å². The highest BCUT2D eigenvalue weighted by Gasteiger charge is 2.14. The molecule has 0 radical (unpaired) electrons. The Morgan fingerprint density at radius 1 is 1.14 bits per heavy atom. The molecular weight excluding hydrogens is 270 g/mol. The van der Waals surface area contributed by atoms with Crippen molar-refractivity contribution in [3.05, 3.63) is 47.9 Å². The van der Waals surface area contributed by atoms with Gasteiger partial charge in [-0.25, -0.2) is 9.97 Å². The van der Waals surface area contributed by atoms with Gasteiger partial charge in [-0.1, -0.05) is 11.8 Å². The molecule has 1 aliphatic heterocycles. The standard InChI is InChI=1S/C19H19N3/c1-13-6-9-21-18(22-13)17-16-12-14(5-8-19(2,3)4)11-15(16)7-10-20-17/h6-7,9-12,20H,1-4H3. The lowest BCUT2D eigenvalue weighted by atomic mass is 9.98. The Morgan fingerprint density at radius 2 is 1.95 bits per heavy atom. The van der Waals surface area contributed by atoms with E-state index in [-0.39, 0.29) is 5.41 Å². The van der Waals surface area contributed by atoms with Crippen molar-refractivity contribution < 1.29 is 0 Å². The molecule has 2 aliphatic rings. The molecule has 0 amide bonds. The third-order valence-corrected chi connectivity index (χ3v) is 3.28. The van der Waals surface area contributed by atoms with E-state index in [9.17, 15) is 0 Å². The molecule has 3 heteroatoms. The first-order valence-corrected chi connectivity index (χ1v) is 7.37. The summed E-state index contributed by atoms with van der Waals surface area (Å²) in [7, 11) is 0. The Morgan fingerprint density at radius 3 is 2.68 bits per heavy atom. The van der Waals surface area contributed by atoms with Crippen LogP contribution in [0, 0.1) is 24.2 Å². The molecule has 3 rings (SSSR count). The molecule has 0 atom stereocenters. The monoisotopic (exact) mass is 289 g/mol. The summed E-state index contributed by atoms with van der Waals surface area (Å²) in [4.78, 5) is 12.2. The molecular formula is C19H19N3. The Bertz CT molecular complexity index is 841. The van der Waals surface area contributed by atoms with Gasteiger partial charge in [-0.3, -0.25) is 0 Å². The number of hydrogen-bond acceptors (Lipinski definition) is 2. The molecule has 1 N–H and O–H groups in total. The van der Waals surface area contributed by atoms with E-state index in [1.807, 2.05) is 19.2 Å². The highest BCUT2D eigenvalue weighted by molar-refractivity contribution is 5.82. The Labute approximate surface area is 131 Å². The number of nitrogens with zero attached hydrogens (tertiary/aromatic N) is 2. The van der Waals surface area contributed by atoms with Crippen LogP contribution >= 0.6 is 0 Å². The summed E-state index contributed by atoms with van der Waals surface area (Å²) in [6.45, 7) is 8.31. The molecule has 0 saturated heterocycles. The topological polar surface area (TPSA) is 41.6 Å². The normalized spacial score (nSPS) is 11.3. The van der Waals surface area contributed by atoms with Crippen LogP contribution in [0.25, 0.3) is 22.6 Å². The van der Waals surface area contributed by atoms with Crippen LogP contribution in [0.2, 0.25) is 0 Å². The highest BCUT2D eigenvalue weighted by atomic mass is 14.9. The van der Waals surface area contributed by atoms with E-state index in [0.29, 0.717) is 5.82 Å². The van der Waals surface area contributed by atoms with E-state index < -0.39 is 0 Å². The van der Waals surface area contributed by atoms with Crippen LogP contribution in [0.15, 0.2) is 36.7 Å².